The fourth-order valence-corrected chi connectivity index (χ4v) is 2.32. The van der Waals surface area contributed by atoms with Gasteiger partial charge in [0, 0.05) is 12.6 Å². The van der Waals surface area contributed by atoms with E-state index in [1.807, 2.05) is 12.1 Å². The van der Waals surface area contributed by atoms with Gasteiger partial charge in [-0.05, 0) is 38.5 Å². The zero-order chi connectivity index (χ0) is 15.6. The minimum atomic E-state index is -0.604. The molecule has 0 aromatic heterocycles. The van der Waals surface area contributed by atoms with Crippen molar-refractivity contribution in [3.05, 3.63) is 63.6 Å². The number of hydrogen-bond donors (Lipinski definition) is 1. The van der Waals surface area contributed by atoms with Crippen molar-refractivity contribution in [2.24, 2.45) is 0 Å². The Morgan fingerprint density at radius 2 is 1.62 bits per heavy atom. The summed E-state index contributed by atoms with van der Waals surface area (Å²) in [6, 6.07) is 10.5. The van der Waals surface area contributed by atoms with Crippen LogP contribution in [0.3, 0.4) is 0 Å². The van der Waals surface area contributed by atoms with Crippen molar-refractivity contribution in [3.8, 4) is 0 Å². The highest BCUT2D eigenvalue weighted by Crippen LogP contribution is 2.25. The molecular formula is C17H18BrF2N. The first-order chi connectivity index (χ1) is 9.77. The Bertz CT molecular complexity index is 630. The van der Waals surface area contributed by atoms with Gasteiger partial charge in [-0.25, -0.2) is 8.78 Å². The van der Waals surface area contributed by atoms with E-state index in [1.165, 1.54) is 11.6 Å². The molecule has 0 fully saturated rings. The number of hydrogen-bond acceptors (Lipinski definition) is 1. The summed E-state index contributed by atoms with van der Waals surface area (Å²) in [5.74, 6) is -1.20. The maximum Gasteiger partial charge on any atom is 0.149 e. The standard InChI is InChI=1S/C17H18BrF2N/c1-17(2,3)12-6-4-11(5-7-12)10-21-16-8-13(18)14(19)9-15(16)20/h4-9,21H,10H2,1-3H3. The fraction of sp³-hybridized carbons (Fsp3) is 0.294. The van der Waals surface area contributed by atoms with Crippen molar-refractivity contribution in [2.75, 3.05) is 5.32 Å². The van der Waals surface area contributed by atoms with Crippen LogP contribution in [0, 0.1) is 11.6 Å². The first-order valence-corrected chi connectivity index (χ1v) is 7.54. The molecule has 0 radical (unpaired) electrons. The van der Waals surface area contributed by atoms with Gasteiger partial charge >= 0.3 is 0 Å². The van der Waals surface area contributed by atoms with Crippen LogP contribution in [0.4, 0.5) is 14.5 Å². The number of anilines is 1. The highest BCUT2D eigenvalue weighted by atomic mass is 79.9. The van der Waals surface area contributed by atoms with E-state index < -0.39 is 11.6 Å². The van der Waals surface area contributed by atoms with Gasteiger partial charge in [-0.3, -0.25) is 0 Å². The summed E-state index contributed by atoms with van der Waals surface area (Å²) in [5, 5.41) is 2.98. The van der Waals surface area contributed by atoms with Gasteiger partial charge in [0.1, 0.15) is 11.6 Å². The fourth-order valence-electron chi connectivity index (χ4n) is 1.98. The van der Waals surface area contributed by atoms with Gasteiger partial charge in [-0.1, -0.05) is 45.0 Å². The van der Waals surface area contributed by atoms with Gasteiger partial charge in [-0.2, -0.15) is 0 Å². The molecule has 0 aliphatic heterocycles. The Labute approximate surface area is 132 Å². The van der Waals surface area contributed by atoms with Crippen LogP contribution in [0.1, 0.15) is 31.9 Å². The zero-order valence-electron chi connectivity index (χ0n) is 12.3. The maximum absolute atomic E-state index is 13.6. The normalized spacial score (nSPS) is 11.5. The Morgan fingerprint density at radius 3 is 2.19 bits per heavy atom. The Hall–Kier alpha value is -1.42. The van der Waals surface area contributed by atoms with E-state index in [2.05, 4.69) is 54.2 Å². The molecule has 0 unspecified atom stereocenters. The molecule has 0 amide bonds. The Kier molecular flexibility index (Phi) is 4.67. The van der Waals surface area contributed by atoms with Crippen molar-refractivity contribution in [2.45, 2.75) is 32.7 Å². The average Bonchev–Trinajstić information content (AvgIpc) is 2.41. The van der Waals surface area contributed by atoms with Crippen LogP contribution in [0.25, 0.3) is 0 Å². The van der Waals surface area contributed by atoms with Gasteiger partial charge in [0.25, 0.3) is 0 Å². The molecule has 2 aromatic rings. The van der Waals surface area contributed by atoms with Gasteiger partial charge in [0.05, 0.1) is 10.2 Å². The number of rotatable bonds is 3. The second kappa shape index (κ2) is 6.14. The molecule has 0 bridgehead atoms. The van der Waals surface area contributed by atoms with Crippen LogP contribution in [-0.4, -0.2) is 0 Å². The van der Waals surface area contributed by atoms with Crippen molar-refractivity contribution in [3.63, 3.8) is 0 Å². The molecule has 0 spiro atoms. The SMILES string of the molecule is CC(C)(C)c1ccc(CNc2cc(Br)c(F)cc2F)cc1. The lowest BCUT2D eigenvalue weighted by molar-refractivity contribution is 0.580. The first-order valence-electron chi connectivity index (χ1n) is 6.75. The molecule has 0 heterocycles. The van der Waals surface area contributed by atoms with E-state index in [1.54, 1.807) is 0 Å². The van der Waals surface area contributed by atoms with Gasteiger partial charge in [-0.15, -0.1) is 0 Å². The molecule has 0 aliphatic carbocycles. The monoisotopic (exact) mass is 353 g/mol. The summed E-state index contributed by atoms with van der Waals surface area (Å²) in [4.78, 5) is 0. The Balaban J connectivity index is 2.08. The summed E-state index contributed by atoms with van der Waals surface area (Å²) in [6.07, 6.45) is 0. The summed E-state index contributed by atoms with van der Waals surface area (Å²) < 4.78 is 27.0. The summed E-state index contributed by atoms with van der Waals surface area (Å²) in [7, 11) is 0. The molecule has 21 heavy (non-hydrogen) atoms. The van der Waals surface area contributed by atoms with E-state index in [9.17, 15) is 8.78 Å². The third kappa shape index (κ3) is 4.03. The predicted molar refractivity (Wildman–Crippen MR) is 86.5 cm³/mol. The number of nitrogens with one attached hydrogen (secondary N) is 1. The van der Waals surface area contributed by atoms with Crippen LogP contribution < -0.4 is 5.32 Å². The third-order valence-electron chi connectivity index (χ3n) is 3.31. The van der Waals surface area contributed by atoms with E-state index in [0.717, 1.165) is 11.6 Å². The molecule has 0 atom stereocenters. The van der Waals surface area contributed by atoms with Gasteiger partial charge < -0.3 is 5.32 Å². The molecule has 0 saturated carbocycles. The molecule has 2 aromatic carbocycles. The molecular weight excluding hydrogens is 336 g/mol. The highest BCUT2D eigenvalue weighted by Gasteiger charge is 2.13. The minimum Gasteiger partial charge on any atom is -0.379 e. The topological polar surface area (TPSA) is 12.0 Å². The molecule has 1 nitrogen and oxygen atoms in total. The molecule has 4 heteroatoms. The van der Waals surface area contributed by atoms with E-state index in [0.29, 0.717) is 6.54 Å². The maximum atomic E-state index is 13.6. The van der Waals surface area contributed by atoms with Gasteiger partial charge in [0.15, 0.2) is 0 Å². The van der Waals surface area contributed by atoms with E-state index in [-0.39, 0.29) is 15.6 Å². The molecule has 1 N–H and O–H groups in total. The van der Waals surface area contributed by atoms with E-state index in [4.69, 9.17) is 0 Å². The summed E-state index contributed by atoms with van der Waals surface area (Å²) >= 11 is 3.06. The van der Waals surface area contributed by atoms with Gasteiger partial charge in [0.2, 0.25) is 0 Å². The van der Waals surface area contributed by atoms with Crippen LogP contribution in [0.15, 0.2) is 40.9 Å². The third-order valence-corrected chi connectivity index (χ3v) is 3.92. The predicted octanol–water partition coefficient (Wildman–Crippen LogP) is 5.64. The lowest BCUT2D eigenvalue weighted by Gasteiger charge is -2.19. The zero-order valence-corrected chi connectivity index (χ0v) is 13.9. The van der Waals surface area contributed by atoms with Crippen molar-refractivity contribution < 1.29 is 8.78 Å². The molecule has 112 valence electrons. The largest absolute Gasteiger partial charge is 0.379 e. The van der Waals surface area contributed by atoms with Crippen molar-refractivity contribution >= 4 is 21.6 Å². The molecule has 0 aliphatic rings. The summed E-state index contributed by atoms with van der Waals surface area (Å²) in [5.41, 5.74) is 2.69. The van der Waals surface area contributed by atoms with Crippen molar-refractivity contribution in [1.29, 1.82) is 0 Å². The second-order valence-electron chi connectivity index (χ2n) is 6.05. The first kappa shape index (κ1) is 16.0. The van der Waals surface area contributed by atoms with Crippen LogP contribution in [-0.2, 0) is 12.0 Å². The minimum absolute atomic E-state index is 0.111. The lowest BCUT2D eigenvalue weighted by atomic mass is 9.87. The highest BCUT2D eigenvalue weighted by molar-refractivity contribution is 9.10. The summed E-state index contributed by atoms with van der Waals surface area (Å²) in [6.45, 7) is 6.96. The van der Waals surface area contributed by atoms with Crippen LogP contribution in [0.2, 0.25) is 0 Å². The quantitative estimate of drug-likeness (QED) is 0.704. The van der Waals surface area contributed by atoms with Crippen LogP contribution in [0.5, 0.6) is 0 Å². The van der Waals surface area contributed by atoms with E-state index >= 15 is 0 Å². The Morgan fingerprint density at radius 1 is 1.00 bits per heavy atom. The lowest BCUT2D eigenvalue weighted by Crippen LogP contribution is -2.11. The van der Waals surface area contributed by atoms with Crippen LogP contribution >= 0.6 is 15.9 Å². The second-order valence-corrected chi connectivity index (χ2v) is 6.90. The average molecular weight is 354 g/mol. The number of benzene rings is 2. The molecule has 0 saturated heterocycles. The number of halogens is 3. The molecule has 2 rings (SSSR count). The smallest absolute Gasteiger partial charge is 0.149 e. The van der Waals surface area contributed by atoms with Crippen molar-refractivity contribution in [1.82, 2.24) is 0 Å².